The number of hydrogen-bond donors (Lipinski definition) is 2. The highest BCUT2D eigenvalue weighted by Crippen LogP contribution is 2.06. The molecule has 0 fully saturated rings. The minimum Gasteiger partial charge on any atom is -0.390 e. The van der Waals surface area contributed by atoms with Gasteiger partial charge in [-0.3, -0.25) is 4.79 Å². The van der Waals surface area contributed by atoms with E-state index >= 15 is 0 Å². The first-order chi connectivity index (χ1) is 13.2. The van der Waals surface area contributed by atoms with Crippen LogP contribution in [0.5, 0.6) is 0 Å². The van der Waals surface area contributed by atoms with Crippen LogP contribution in [0.3, 0.4) is 0 Å². The number of amides is 2. The number of nitrogens with zero attached hydrogens (tertiary/aromatic N) is 3. The Morgan fingerprint density at radius 1 is 1.14 bits per heavy atom. The van der Waals surface area contributed by atoms with E-state index in [2.05, 4.69) is 15.6 Å². The second-order valence-corrected chi connectivity index (χ2v) is 6.56. The van der Waals surface area contributed by atoms with Crippen molar-refractivity contribution < 1.29 is 28.7 Å². The Hall–Kier alpha value is -2.57. The van der Waals surface area contributed by atoms with Crippen molar-refractivity contribution in [1.29, 1.82) is 0 Å². The maximum absolute atomic E-state index is 11.8. The molecule has 28 heavy (non-hydrogen) atoms. The van der Waals surface area contributed by atoms with Crippen LogP contribution in [0.2, 0.25) is 0 Å². The van der Waals surface area contributed by atoms with Gasteiger partial charge in [-0.25, -0.2) is 4.79 Å². The Labute approximate surface area is 162 Å². The Morgan fingerprint density at radius 3 is 2.32 bits per heavy atom. The molecule has 0 atom stereocenters. The molecule has 12 heteroatoms. The van der Waals surface area contributed by atoms with Crippen molar-refractivity contribution in [2.24, 2.45) is 0 Å². The van der Waals surface area contributed by atoms with E-state index in [9.17, 15) is 19.7 Å². The predicted octanol–water partition coefficient (Wildman–Crippen LogP) is 0.314. The summed E-state index contributed by atoms with van der Waals surface area (Å²) in [5.41, 5.74) is -0.363. The van der Waals surface area contributed by atoms with E-state index in [1.807, 2.05) is 20.8 Å². The highest BCUT2D eigenvalue weighted by molar-refractivity contribution is 5.78. The molecule has 2 N–H and O–H groups in total. The maximum Gasteiger partial charge on any atom is 0.443 e. The molecule has 1 aromatic heterocycles. The lowest BCUT2D eigenvalue weighted by atomic mass is 10.2. The van der Waals surface area contributed by atoms with E-state index < -0.39 is 16.9 Å². The van der Waals surface area contributed by atoms with E-state index in [0.29, 0.717) is 26.4 Å². The number of nitro groups is 1. The van der Waals surface area contributed by atoms with Crippen molar-refractivity contribution in [3.63, 3.8) is 0 Å². The minimum absolute atomic E-state index is 0.000558. The molecule has 0 unspecified atom stereocenters. The fraction of sp³-hybridized carbons (Fsp3) is 0.688. The third kappa shape index (κ3) is 9.94. The molecular formula is C16H27N5O7. The molecular weight excluding hydrogens is 374 g/mol. The van der Waals surface area contributed by atoms with Crippen LogP contribution in [-0.4, -0.2) is 78.1 Å². The number of aromatic nitrogens is 2. The zero-order chi connectivity index (χ0) is 21.0. The van der Waals surface area contributed by atoms with Crippen LogP contribution >= 0.6 is 0 Å². The molecule has 158 valence electrons. The minimum atomic E-state index is -0.743. The van der Waals surface area contributed by atoms with Crippen LogP contribution < -0.4 is 10.6 Å². The fourth-order valence-electron chi connectivity index (χ4n) is 1.82. The van der Waals surface area contributed by atoms with E-state index in [-0.39, 0.29) is 31.3 Å². The van der Waals surface area contributed by atoms with Crippen molar-refractivity contribution in [1.82, 2.24) is 20.2 Å². The van der Waals surface area contributed by atoms with E-state index in [1.165, 1.54) is 12.4 Å². The number of carbonyl (C=O) groups excluding carboxylic acids is 2. The van der Waals surface area contributed by atoms with Gasteiger partial charge in [0.2, 0.25) is 5.91 Å². The molecule has 0 radical (unpaired) electrons. The highest BCUT2D eigenvalue weighted by atomic mass is 16.6. The second-order valence-electron chi connectivity index (χ2n) is 6.56. The standard InChI is InChI=1S/C16H27N5O7/c1-16(2,3)28-12-13(22)17-5-8-26-10-11-27-9-6-19-15(23)20-7-4-18-14(20)21(24)25/h4,7H,5-6,8-12H2,1-3H3,(H,17,22)(H,19,23). The number of nitrogens with one attached hydrogen (secondary N) is 2. The molecule has 0 aliphatic rings. The molecule has 12 nitrogen and oxygen atoms in total. The quantitative estimate of drug-likeness (QED) is 0.289. The summed E-state index contributed by atoms with van der Waals surface area (Å²) in [4.78, 5) is 36.7. The molecule has 1 heterocycles. The van der Waals surface area contributed by atoms with E-state index in [0.717, 1.165) is 4.57 Å². The highest BCUT2D eigenvalue weighted by Gasteiger charge is 2.20. The Balaban J connectivity index is 1.98. The fourth-order valence-corrected chi connectivity index (χ4v) is 1.82. The average Bonchev–Trinajstić information content (AvgIpc) is 3.11. The van der Waals surface area contributed by atoms with Crippen LogP contribution in [0.1, 0.15) is 20.8 Å². The van der Waals surface area contributed by atoms with Crippen LogP contribution in [-0.2, 0) is 19.0 Å². The zero-order valence-corrected chi connectivity index (χ0v) is 16.3. The lowest BCUT2D eigenvalue weighted by molar-refractivity contribution is -0.395. The Kier molecular flexibility index (Phi) is 10.1. The van der Waals surface area contributed by atoms with Crippen molar-refractivity contribution in [2.45, 2.75) is 26.4 Å². The monoisotopic (exact) mass is 401 g/mol. The summed E-state index contributed by atoms with van der Waals surface area (Å²) in [5, 5.41) is 15.8. The lowest BCUT2D eigenvalue weighted by Gasteiger charge is -2.18. The van der Waals surface area contributed by atoms with Crippen molar-refractivity contribution in [2.75, 3.05) is 46.1 Å². The van der Waals surface area contributed by atoms with Gasteiger partial charge in [0.15, 0.2) is 0 Å². The molecule has 0 bridgehead atoms. The van der Waals surface area contributed by atoms with Crippen LogP contribution in [0.15, 0.2) is 12.4 Å². The zero-order valence-electron chi connectivity index (χ0n) is 16.3. The van der Waals surface area contributed by atoms with Gasteiger partial charge in [0.25, 0.3) is 0 Å². The summed E-state index contributed by atoms with van der Waals surface area (Å²) in [6, 6.07) is -0.657. The molecule has 0 aliphatic heterocycles. The molecule has 1 rings (SSSR count). The molecule has 1 aromatic rings. The van der Waals surface area contributed by atoms with Gasteiger partial charge >= 0.3 is 12.0 Å². The summed E-state index contributed by atoms with van der Waals surface area (Å²) < 4.78 is 16.7. The third-order valence-corrected chi connectivity index (χ3v) is 3.10. The summed E-state index contributed by atoms with van der Waals surface area (Å²) in [6.45, 7) is 7.36. The smallest absolute Gasteiger partial charge is 0.390 e. The van der Waals surface area contributed by atoms with E-state index in [1.54, 1.807) is 0 Å². The lowest BCUT2D eigenvalue weighted by Crippen LogP contribution is -2.34. The predicted molar refractivity (Wildman–Crippen MR) is 98.0 cm³/mol. The number of rotatable bonds is 12. The van der Waals surface area contributed by atoms with Crippen molar-refractivity contribution in [3.8, 4) is 0 Å². The Bertz CT molecular complexity index is 642. The van der Waals surface area contributed by atoms with Gasteiger partial charge in [-0.15, -0.1) is 4.57 Å². The molecule has 0 aliphatic carbocycles. The first-order valence-electron chi connectivity index (χ1n) is 8.73. The number of hydrogen-bond acceptors (Lipinski definition) is 8. The van der Waals surface area contributed by atoms with Crippen LogP contribution in [0, 0.1) is 10.1 Å². The van der Waals surface area contributed by atoms with Gasteiger partial charge in [-0.2, -0.15) is 0 Å². The van der Waals surface area contributed by atoms with Gasteiger partial charge in [0, 0.05) is 13.1 Å². The summed E-state index contributed by atoms with van der Waals surface area (Å²) >= 11 is 0. The van der Waals surface area contributed by atoms with Crippen LogP contribution in [0.25, 0.3) is 0 Å². The SMILES string of the molecule is CC(C)(C)OCC(=O)NCCOCCOCCNC(=O)n1ccnc1[N+](=O)[O-]. The van der Waals surface area contributed by atoms with Crippen LogP contribution in [0.4, 0.5) is 10.7 Å². The van der Waals surface area contributed by atoms with Gasteiger partial charge in [-0.05, 0) is 25.7 Å². The largest absolute Gasteiger partial charge is 0.443 e. The van der Waals surface area contributed by atoms with Gasteiger partial charge in [0.05, 0.1) is 32.0 Å². The van der Waals surface area contributed by atoms with Gasteiger partial charge in [0.1, 0.15) is 19.0 Å². The number of carbonyl (C=O) groups is 2. The summed E-state index contributed by atoms with van der Waals surface area (Å²) in [6.07, 6.45) is 2.38. The molecule has 0 aromatic carbocycles. The average molecular weight is 401 g/mol. The second kappa shape index (κ2) is 12.0. The summed E-state index contributed by atoms with van der Waals surface area (Å²) in [5.74, 6) is -0.757. The first kappa shape index (κ1) is 23.5. The topological polar surface area (TPSA) is 147 Å². The molecule has 0 saturated heterocycles. The molecule has 2 amide bonds. The maximum atomic E-state index is 11.8. The molecule has 0 saturated carbocycles. The normalized spacial score (nSPS) is 11.2. The van der Waals surface area contributed by atoms with Crippen molar-refractivity contribution >= 4 is 17.9 Å². The number of imidazole rings is 1. The third-order valence-electron chi connectivity index (χ3n) is 3.10. The first-order valence-corrected chi connectivity index (χ1v) is 8.73. The molecule has 0 spiro atoms. The van der Waals surface area contributed by atoms with Gasteiger partial charge in [-0.1, -0.05) is 4.98 Å². The number of ether oxygens (including phenoxy) is 3. The van der Waals surface area contributed by atoms with Crippen molar-refractivity contribution in [3.05, 3.63) is 22.5 Å². The van der Waals surface area contributed by atoms with E-state index in [4.69, 9.17) is 14.2 Å². The van der Waals surface area contributed by atoms with Gasteiger partial charge < -0.3 is 35.0 Å². The Morgan fingerprint density at radius 2 is 1.75 bits per heavy atom. The summed E-state index contributed by atoms with van der Waals surface area (Å²) in [7, 11) is 0.